The van der Waals surface area contributed by atoms with Crippen LogP contribution in [-0.2, 0) is 9.47 Å². The third-order valence-corrected chi connectivity index (χ3v) is 1.57. The van der Waals surface area contributed by atoms with Crippen LogP contribution in [0.15, 0.2) is 23.8 Å². The minimum absolute atomic E-state index is 0.681. The van der Waals surface area contributed by atoms with E-state index < -0.39 is 0 Å². The van der Waals surface area contributed by atoms with Crippen LogP contribution in [-0.4, -0.2) is 26.9 Å². The van der Waals surface area contributed by atoms with Gasteiger partial charge in [-0.05, 0) is 12.0 Å². The number of ether oxygens (including phenoxy) is 2. The average Bonchev–Trinajstić information content (AvgIpc) is 2.50. The highest BCUT2D eigenvalue weighted by molar-refractivity contribution is 5.23. The molecule has 0 atom stereocenters. The van der Waals surface area contributed by atoms with Crippen molar-refractivity contribution in [2.45, 2.75) is 6.42 Å². The second-order valence-electron chi connectivity index (χ2n) is 2.50. The molecule has 0 fully saturated rings. The largest absolute Gasteiger partial charge is 0.382 e. The zero-order chi connectivity index (χ0) is 7.94. The summed E-state index contributed by atoms with van der Waals surface area (Å²) in [4.78, 5) is 0. The van der Waals surface area contributed by atoms with Gasteiger partial charge >= 0.3 is 0 Å². The molecule has 0 spiro atoms. The Labute approximate surface area is 67.5 Å². The smallest absolute Gasteiger partial charge is 0.0704 e. The van der Waals surface area contributed by atoms with E-state index >= 15 is 0 Å². The van der Waals surface area contributed by atoms with Crippen LogP contribution in [0.25, 0.3) is 0 Å². The van der Waals surface area contributed by atoms with E-state index in [0.29, 0.717) is 13.2 Å². The first-order chi connectivity index (χ1) is 5.43. The van der Waals surface area contributed by atoms with Gasteiger partial charge in [-0.3, -0.25) is 0 Å². The third-order valence-electron chi connectivity index (χ3n) is 1.57. The minimum atomic E-state index is 0.681. The second kappa shape index (κ2) is 5.10. The summed E-state index contributed by atoms with van der Waals surface area (Å²) in [5, 5.41) is 0. The van der Waals surface area contributed by atoms with Crippen LogP contribution in [0, 0.1) is 0 Å². The van der Waals surface area contributed by atoms with E-state index in [0.717, 1.165) is 13.0 Å². The molecule has 0 bridgehead atoms. The molecule has 0 saturated heterocycles. The molecule has 2 heteroatoms. The van der Waals surface area contributed by atoms with Gasteiger partial charge in [0.2, 0.25) is 0 Å². The molecule has 0 aromatic carbocycles. The molecular formula is C9H14O2. The van der Waals surface area contributed by atoms with Gasteiger partial charge in [0.05, 0.1) is 19.8 Å². The van der Waals surface area contributed by atoms with Gasteiger partial charge in [-0.15, -0.1) is 0 Å². The molecule has 0 amide bonds. The van der Waals surface area contributed by atoms with Gasteiger partial charge in [0, 0.05) is 7.11 Å². The maximum Gasteiger partial charge on any atom is 0.0704 e. The van der Waals surface area contributed by atoms with Gasteiger partial charge in [0.15, 0.2) is 0 Å². The SMILES string of the molecule is COCCOCC1=CC=CC1. The van der Waals surface area contributed by atoms with Gasteiger partial charge in [-0.2, -0.15) is 0 Å². The highest BCUT2D eigenvalue weighted by Crippen LogP contribution is 2.09. The van der Waals surface area contributed by atoms with Crippen LogP contribution in [0.2, 0.25) is 0 Å². The lowest BCUT2D eigenvalue weighted by Crippen LogP contribution is -2.03. The summed E-state index contributed by atoms with van der Waals surface area (Å²) in [6, 6.07) is 0. The van der Waals surface area contributed by atoms with Crippen molar-refractivity contribution < 1.29 is 9.47 Å². The highest BCUT2D eigenvalue weighted by atomic mass is 16.5. The Morgan fingerprint density at radius 1 is 1.45 bits per heavy atom. The molecule has 0 saturated carbocycles. The predicted molar refractivity (Wildman–Crippen MR) is 44.5 cm³/mol. The minimum Gasteiger partial charge on any atom is -0.382 e. The van der Waals surface area contributed by atoms with Crippen LogP contribution in [0.4, 0.5) is 0 Å². The summed E-state index contributed by atoms with van der Waals surface area (Å²) < 4.78 is 10.2. The van der Waals surface area contributed by atoms with Crippen LogP contribution in [0.1, 0.15) is 6.42 Å². The molecule has 0 N–H and O–H groups in total. The monoisotopic (exact) mass is 154 g/mol. The Morgan fingerprint density at radius 2 is 2.36 bits per heavy atom. The fraction of sp³-hybridized carbons (Fsp3) is 0.556. The quantitative estimate of drug-likeness (QED) is 0.559. The highest BCUT2D eigenvalue weighted by Gasteiger charge is 1.97. The van der Waals surface area contributed by atoms with E-state index in [1.807, 2.05) is 0 Å². The van der Waals surface area contributed by atoms with Gasteiger partial charge in [-0.1, -0.05) is 18.2 Å². The molecule has 1 rings (SSSR count). The Morgan fingerprint density at radius 3 is 3.00 bits per heavy atom. The Bertz CT molecular complexity index is 159. The van der Waals surface area contributed by atoms with Crippen LogP contribution >= 0.6 is 0 Å². The van der Waals surface area contributed by atoms with Crippen LogP contribution in [0.5, 0.6) is 0 Å². The van der Waals surface area contributed by atoms with Gasteiger partial charge < -0.3 is 9.47 Å². The van der Waals surface area contributed by atoms with Gasteiger partial charge in [0.1, 0.15) is 0 Å². The molecule has 0 unspecified atom stereocenters. The summed E-state index contributed by atoms with van der Waals surface area (Å²) in [5.41, 5.74) is 1.35. The van der Waals surface area contributed by atoms with Crippen molar-refractivity contribution in [1.29, 1.82) is 0 Å². The molecule has 1 aliphatic carbocycles. The number of allylic oxidation sites excluding steroid dienone is 3. The van der Waals surface area contributed by atoms with Crippen molar-refractivity contribution in [3.05, 3.63) is 23.8 Å². The van der Waals surface area contributed by atoms with Crippen molar-refractivity contribution >= 4 is 0 Å². The van der Waals surface area contributed by atoms with Crippen molar-refractivity contribution in [3.63, 3.8) is 0 Å². The van der Waals surface area contributed by atoms with E-state index in [1.54, 1.807) is 7.11 Å². The summed E-state index contributed by atoms with van der Waals surface area (Å²) in [5.74, 6) is 0. The molecule has 2 nitrogen and oxygen atoms in total. The fourth-order valence-electron chi connectivity index (χ4n) is 0.944. The molecule has 0 aliphatic heterocycles. The molecule has 1 aliphatic rings. The van der Waals surface area contributed by atoms with E-state index in [-0.39, 0.29) is 0 Å². The lowest BCUT2D eigenvalue weighted by molar-refractivity contribution is 0.0819. The van der Waals surface area contributed by atoms with E-state index in [1.165, 1.54) is 5.57 Å². The molecule has 11 heavy (non-hydrogen) atoms. The molecule has 0 radical (unpaired) electrons. The molecule has 0 aromatic heterocycles. The molecule has 0 aromatic rings. The molecular weight excluding hydrogens is 140 g/mol. The fourth-order valence-corrected chi connectivity index (χ4v) is 0.944. The van der Waals surface area contributed by atoms with Crippen molar-refractivity contribution in [1.82, 2.24) is 0 Å². The lowest BCUT2D eigenvalue weighted by Gasteiger charge is -2.03. The number of rotatable bonds is 5. The normalized spacial score (nSPS) is 15.5. The third kappa shape index (κ3) is 3.35. The number of methoxy groups -OCH3 is 1. The maximum atomic E-state index is 5.32. The first-order valence-corrected chi connectivity index (χ1v) is 3.84. The Hall–Kier alpha value is -0.600. The Balaban J connectivity index is 1.95. The van der Waals surface area contributed by atoms with Crippen molar-refractivity contribution in [3.8, 4) is 0 Å². The van der Waals surface area contributed by atoms with Crippen LogP contribution in [0.3, 0.4) is 0 Å². The zero-order valence-electron chi connectivity index (χ0n) is 6.88. The summed E-state index contributed by atoms with van der Waals surface area (Å²) in [7, 11) is 1.68. The van der Waals surface area contributed by atoms with E-state index in [4.69, 9.17) is 9.47 Å². The van der Waals surface area contributed by atoms with E-state index in [2.05, 4.69) is 18.2 Å². The topological polar surface area (TPSA) is 18.5 Å². The van der Waals surface area contributed by atoms with Gasteiger partial charge in [0.25, 0.3) is 0 Å². The van der Waals surface area contributed by atoms with Gasteiger partial charge in [-0.25, -0.2) is 0 Å². The molecule has 0 heterocycles. The van der Waals surface area contributed by atoms with Crippen molar-refractivity contribution in [2.75, 3.05) is 26.9 Å². The van der Waals surface area contributed by atoms with Crippen molar-refractivity contribution in [2.24, 2.45) is 0 Å². The van der Waals surface area contributed by atoms with E-state index in [9.17, 15) is 0 Å². The maximum absolute atomic E-state index is 5.32. The first kappa shape index (κ1) is 8.50. The second-order valence-corrected chi connectivity index (χ2v) is 2.50. The zero-order valence-corrected chi connectivity index (χ0v) is 6.88. The van der Waals surface area contributed by atoms with Crippen LogP contribution < -0.4 is 0 Å². The standard InChI is InChI=1S/C9H14O2/c1-10-6-7-11-8-9-4-2-3-5-9/h2-4H,5-8H2,1H3. The lowest BCUT2D eigenvalue weighted by atomic mass is 10.2. The first-order valence-electron chi connectivity index (χ1n) is 3.84. The summed E-state index contributed by atoms with van der Waals surface area (Å²) in [6.07, 6.45) is 7.35. The Kier molecular flexibility index (Phi) is 3.94. The predicted octanol–water partition coefficient (Wildman–Crippen LogP) is 1.54. The number of hydrogen-bond acceptors (Lipinski definition) is 2. The summed E-state index contributed by atoms with van der Waals surface area (Å²) >= 11 is 0. The average molecular weight is 154 g/mol. The number of hydrogen-bond donors (Lipinski definition) is 0. The summed E-state index contributed by atoms with van der Waals surface area (Å²) in [6.45, 7) is 2.12. The molecule has 62 valence electrons.